The van der Waals surface area contributed by atoms with Gasteiger partial charge in [0.1, 0.15) is 0 Å². The highest BCUT2D eigenvalue weighted by Crippen LogP contribution is 2.13. The number of hydrogen-bond acceptors (Lipinski definition) is 3. The zero-order valence-corrected chi connectivity index (χ0v) is 9.87. The maximum absolute atomic E-state index is 5.12. The second-order valence-corrected chi connectivity index (χ2v) is 2.95. The van der Waals surface area contributed by atoms with Gasteiger partial charge in [0.15, 0.2) is 0 Å². The first kappa shape index (κ1) is 13.4. The molecule has 3 nitrogen and oxygen atoms in total. The fraction of sp³-hybridized carbons (Fsp3) is 0.636. The van der Waals surface area contributed by atoms with E-state index in [0.717, 1.165) is 6.42 Å². The summed E-state index contributed by atoms with van der Waals surface area (Å²) in [5.74, 6) is 0. The Balaban J connectivity index is 0.000000791. The molecule has 0 aliphatic heterocycles. The minimum absolute atomic E-state index is 0.348. The summed E-state index contributed by atoms with van der Waals surface area (Å²) in [5, 5.41) is 1.80. The van der Waals surface area contributed by atoms with Crippen molar-refractivity contribution in [3.8, 4) is 0 Å². The van der Waals surface area contributed by atoms with Crippen molar-refractivity contribution >= 4 is 0 Å². The summed E-state index contributed by atoms with van der Waals surface area (Å²) in [7, 11) is 3.67. The monoisotopic (exact) mass is 198 g/mol. The quantitative estimate of drug-likeness (QED) is 0.704. The molecular formula is C11H22N2O. The summed E-state index contributed by atoms with van der Waals surface area (Å²) in [6.45, 7) is 6.10. The highest BCUT2D eigenvalue weighted by molar-refractivity contribution is 5.22. The van der Waals surface area contributed by atoms with E-state index in [1.54, 1.807) is 12.1 Å². The molecule has 0 saturated carbocycles. The molecule has 14 heavy (non-hydrogen) atoms. The van der Waals surface area contributed by atoms with Crippen LogP contribution in [-0.4, -0.2) is 25.2 Å². The summed E-state index contributed by atoms with van der Waals surface area (Å²) in [4.78, 5) is 5.12. The highest BCUT2D eigenvalue weighted by atomic mass is 16.8. The van der Waals surface area contributed by atoms with Crippen molar-refractivity contribution in [3.05, 3.63) is 23.8 Å². The third-order valence-corrected chi connectivity index (χ3v) is 1.96. The molecule has 1 aliphatic carbocycles. The lowest BCUT2D eigenvalue weighted by atomic mass is 10.0. The Morgan fingerprint density at radius 2 is 2.14 bits per heavy atom. The van der Waals surface area contributed by atoms with Crippen LogP contribution in [0.5, 0.6) is 0 Å². The molecule has 1 aliphatic rings. The molecule has 0 heterocycles. The van der Waals surface area contributed by atoms with Crippen molar-refractivity contribution in [1.82, 2.24) is 10.5 Å². The third kappa shape index (κ3) is 4.56. The summed E-state index contributed by atoms with van der Waals surface area (Å²) >= 11 is 0. The van der Waals surface area contributed by atoms with Gasteiger partial charge in [0.2, 0.25) is 0 Å². The van der Waals surface area contributed by atoms with Crippen LogP contribution >= 0.6 is 0 Å². The van der Waals surface area contributed by atoms with E-state index in [1.807, 2.05) is 20.9 Å². The lowest BCUT2D eigenvalue weighted by Crippen LogP contribution is -2.34. The van der Waals surface area contributed by atoms with E-state index in [0.29, 0.717) is 6.04 Å². The topological polar surface area (TPSA) is 24.5 Å². The Kier molecular flexibility index (Phi) is 7.38. The summed E-state index contributed by atoms with van der Waals surface area (Å²) in [6, 6.07) is 0.348. The summed E-state index contributed by atoms with van der Waals surface area (Å²) < 4.78 is 0. The van der Waals surface area contributed by atoms with Crippen molar-refractivity contribution < 1.29 is 4.94 Å². The van der Waals surface area contributed by atoms with Gasteiger partial charge in [-0.05, 0) is 13.3 Å². The van der Waals surface area contributed by atoms with E-state index >= 15 is 0 Å². The number of nitrogens with zero attached hydrogens (tertiary/aromatic N) is 1. The smallest absolute Gasteiger partial charge is 0.0586 e. The first-order valence-electron chi connectivity index (χ1n) is 5.15. The van der Waals surface area contributed by atoms with Crippen LogP contribution in [-0.2, 0) is 4.94 Å². The van der Waals surface area contributed by atoms with Crippen molar-refractivity contribution in [2.24, 2.45) is 0 Å². The van der Waals surface area contributed by atoms with E-state index in [2.05, 4.69) is 30.6 Å². The molecule has 82 valence electrons. The molecule has 0 aromatic carbocycles. The molecule has 1 N–H and O–H groups in total. The van der Waals surface area contributed by atoms with Crippen LogP contribution < -0.4 is 5.48 Å². The van der Waals surface area contributed by atoms with Gasteiger partial charge in [-0.15, -0.1) is 0 Å². The van der Waals surface area contributed by atoms with Crippen LogP contribution in [0.2, 0.25) is 0 Å². The number of hydrogen-bond donors (Lipinski definition) is 1. The van der Waals surface area contributed by atoms with Gasteiger partial charge in [-0.1, -0.05) is 37.6 Å². The predicted molar refractivity (Wildman–Crippen MR) is 60.6 cm³/mol. The molecule has 0 amide bonds. The number of rotatable bonds is 3. The normalized spacial score (nSPS) is 20.1. The van der Waals surface area contributed by atoms with Crippen LogP contribution in [0.4, 0.5) is 0 Å². The maximum atomic E-state index is 5.12. The molecule has 0 fully saturated rings. The van der Waals surface area contributed by atoms with Crippen LogP contribution in [0, 0.1) is 0 Å². The average molecular weight is 198 g/mol. The largest absolute Gasteiger partial charge is 0.211 e. The van der Waals surface area contributed by atoms with Crippen LogP contribution in [0.1, 0.15) is 27.2 Å². The molecule has 3 heteroatoms. The van der Waals surface area contributed by atoms with E-state index < -0.39 is 0 Å². The molecule has 0 saturated heterocycles. The molecular weight excluding hydrogens is 176 g/mol. The first-order chi connectivity index (χ1) is 6.74. The van der Waals surface area contributed by atoms with E-state index in [4.69, 9.17) is 4.94 Å². The van der Waals surface area contributed by atoms with E-state index in [-0.39, 0.29) is 0 Å². The van der Waals surface area contributed by atoms with Crippen LogP contribution in [0.3, 0.4) is 0 Å². The SMILES string of the molecule is CC.CNON(C)C1C=CC(C)=CC1. The van der Waals surface area contributed by atoms with Gasteiger partial charge >= 0.3 is 0 Å². The van der Waals surface area contributed by atoms with Gasteiger partial charge in [0.05, 0.1) is 6.04 Å². The van der Waals surface area contributed by atoms with Crippen molar-refractivity contribution in [1.29, 1.82) is 0 Å². The third-order valence-electron chi connectivity index (χ3n) is 1.96. The fourth-order valence-electron chi connectivity index (χ4n) is 1.20. The van der Waals surface area contributed by atoms with Crippen molar-refractivity contribution in [3.63, 3.8) is 0 Å². The summed E-state index contributed by atoms with van der Waals surface area (Å²) in [5.41, 5.74) is 3.97. The zero-order chi connectivity index (χ0) is 11.0. The second-order valence-electron chi connectivity index (χ2n) is 2.95. The van der Waals surface area contributed by atoms with Gasteiger partial charge in [0.25, 0.3) is 0 Å². The molecule has 0 aromatic rings. The predicted octanol–water partition coefficient (Wildman–Crippen LogP) is 2.29. The molecule has 1 rings (SSSR count). The Bertz CT molecular complexity index is 199. The molecule has 1 atom stereocenters. The van der Waals surface area contributed by atoms with E-state index in [1.165, 1.54) is 5.57 Å². The van der Waals surface area contributed by atoms with Gasteiger partial charge in [-0.25, -0.2) is 4.94 Å². The Morgan fingerprint density at radius 3 is 2.57 bits per heavy atom. The molecule has 0 aromatic heterocycles. The summed E-state index contributed by atoms with van der Waals surface area (Å²) in [6.07, 6.45) is 7.48. The Hall–Kier alpha value is -0.640. The van der Waals surface area contributed by atoms with Gasteiger partial charge < -0.3 is 0 Å². The Morgan fingerprint density at radius 1 is 1.50 bits per heavy atom. The number of allylic oxidation sites excluding steroid dienone is 2. The minimum atomic E-state index is 0.348. The highest BCUT2D eigenvalue weighted by Gasteiger charge is 2.12. The maximum Gasteiger partial charge on any atom is 0.0586 e. The number of nitrogens with one attached hydrogen (secondary N) is 1. The lowest BCUT2D eigenvalue weighted by Gasteiger charge is -2.24. The second kappa shape index (κ2) is 7.74. The number of hydroxylamine groups is 3. The lowest BCUT2D eigenvalue weighted by molar-refractivity contribution is -0.201. The minimum Gasteiger partial charge on any atom is -0.211 e. The van der Waals surface area contributed by atoms with Crippen LogP contribution in [0.25, 0.3) is 0 Å². The van der Waals surface area contributed by atoms with E-state index in [9.17, 15) is 0 Å². The zero-order valence-electron chi connectivity index (χ0n) is 9.87. The van der Waals surface area contributed by atoms with Crippen molar-refractivity contribution in [2.45, 2.75) is 33.2 Å². The molecule has 1 unspecified atom stereocenters. The fourth-order valence-corrected chi connectivity index (χ4v) is 1.20. The Labute approximate surface area is 87.3 Å². The average Bonchev–Trinajstić information content (AvgIpc) is 2.22. The first-order valence-corrected chi connectivity index (χ1v) is 5.15. The van der Waals surface area contributed by atoms with Gasteiger partial charge in [-0.3, -0.25) is 0 Å². The van der Waals surface area contributed by atoms with Gasteiger partial charge in [-0.2, -0.15) is 10.5 Å². The van der Waals surface area contributed by atoms with Crippen molar-refractivity contribution in [2.75, 3.05) is 14.1 Å². The standard InChI is InChI=1S/C9H16N2O.C2H6/c1-8-4-6-9(7-5-8)11(3)12-10-2;1-2/h4-6,9-10H,7H2,1-3H3;1-2H3. The molecule has 0 spiro atoms. The molecule has 0 bridgehead atoms. The van der Waals surface area contributed by atoms with Gasteiger partial charge in [0, 0.05) is 14.1 Å². The van der Waals surface area contributed by atoms with Crippen LogP contribution in [0.15, 0.2) is 23.8 Å². The molecule has 0 radical (unpaired) electrons. The number of likely N-dealkylation sites (N-methyl/N-ethyl adjacent to an activating group) is 1.